The number of carbonyl (C=O) groups excluding carboxylic acids is 1. The Morgan fingerprint density at radius 2 is 1.71 bits per heavy atom. The van der Waals surface area contributed by atoms with Crippen molar-refractivity contribution in [1.82, 2.24) is 10.2 Å². The van der Waals surface area contributed by atoms with Crippen LogP contribution in [0.5, 0.6) is 0 Å². The van der Waals surface area contributed by atoms with E-state index in [2.05, 4.69) is 15.5 Å². The lowest BCUT2D eigenvalue weighted by Gasteiger charge is -2.17. The fraction of sp³-hybridized carbons (Fsp3) is 0.125. The molecule has 0 aliphatic rings. The first-order valence-corrected chi connectivity index (χ1v) is 10.2. The molecule has 156 valence electrons. The number of aromatic nitrogens is 2. The third-order valence-electron chi connectivity index (χ3n) is 4.63. The Balaban J connectivity index is 1.64. The summed E-state index contributed by atoms with van der Waals surface area (Å²) in [6.07, 6.45) is 0. The Morgan fingerprint density at radius 1 is 1.00 bits per heavy atom. The molecular weight excluding hydrogens is 414 g/mol. The first-order valence-electron chi connectivity index (χ1n) is 9.82. The molecule has 0 bridgehead atoms. The summed E-state index contributed by atoms with van der Waals surface area (Å²) < 4.78 is 11.0. The van der Waals surface area contributed by atoms with Gasteiger partial charge in [-0.1, -0.05) is 54.1 Å². The third kappa shape index (κ3) is 4.75. The molecule has 7 heteroatoms. The zero-order valence-electron chi connectivity index (χ0n) is 16.8. The Kier molecular flexibility index (Phi) is 6.29. The summed E-state index contributed by atoms with van der Waals surface area (Å²) in [5.41, 5.74) is 2.90. The van der Waals surface area contributed by atoms with Crippen molar-refractivity contribution in [3.8, 4) is 11.5 Å². The van der Waals surface area contributed by atoms with Gasteiger partial charge in [0, 0.05) is 5.69 Å². The Labute approximate surface area is 184 Å². The zero-order chi connectivity index (χ0) is 21.6. The van der Waals surface area contributed by atoms with E-state index in [0.717, 1.165) is 11.3 Å². The number of benzene rings is 3. The predicted octanol–water partition coefficient (Wildman–Crippen LogP) is 5.77. The van der Waals surface area contributed by atoms with E-state index in [9.17, 15) is 4.79 Å². The van der Waals surface area contributed by atoms with Gasteiger partial charge in [-0.05, 0) is 48.9 Å². The zero-order valence-corrected chi connectivity index (χ0v) is 17.5. The highest BCUT2D eigenvalue weighted by Crippen LogP contribution is 2.31. The number of halogens is 1. The van der Waals surface area contributed by atoms with Crippen molar-refractivity contribution in [2.24, 2.45) is 0 Å². The topological polar surface area (TPSA) is 77.2 Å². The van der Waals surface area contributed by atoms with Gasteiger partial charge in [-0.15, -0.1) is 10.2 Å². The SMILES string of the molecule is CCOC(=O)c1ccc(N[C@@H](c2ccccc2)c2nnc(-c3ccccc3Cl)o2)cc1. The predicted molar refractivity (Wildman–Crippen MR) is 119 cm³/mol. The normalized spacial score (nSPS) is 11.7. The molecule has 1 atom stereocenters. The number of nitrogens with one attached hydrogen (secondary N) is 1. The summed E-state index contributed by atoms with van der Waals surface area (Å²) >= 11 is 6.28. The Morgan fingerprint density at radius 3 is 2.42 bits per heavy atom. The molecular formula is C24H20ClN3O3. The number of hydrogen-bond donors (Lipinski definition) is 1. The van der Waals surface area contributed by atoms with E-state index in [1.165, 1.54) is 0 Å². The lowest BCUT2D eigenvalue weighted by molar-refractivity contribution is 0.0526. The lowest BCUT2D eigenvalue weighted by Crippen LogP contribution is -2.13. The molecule has 31 heavy (non-hydrogen) atoms. The van der Waals surface area contributed by atoms with Crippen molar-refractivity contribution in [2.75, 3.05) is 11.9 Å². The first kappa shape index (κ1) is 20.6. The Hall–Kier alpha value is -3.64. The van der Waals surface area contributed by atoms with Crippen LogP contribution in [0.3, 0.4) is 0 Å². The van der Waals surface area contributed by atoms with Gasteiger partial charge < -0.3 is 14.5 Å². The molecule has 0 aliphatic carbocycles. The minimum Gasteiger partial charge on any atom is -0.462 e. The first-order chi connectivity index (χ1) is 15.2. The van der Waals surface area contributed by atoms with Crippen LogP contribution in [0, 0.1) is 0 Å². The maximum Gasteiger partial charge on any atom is 0.338 e. The fourth-order valence-corrected chi connectivity index (χ4v) is 3.33. The monoisotopic (exact) mass is 433 g/mol. The van der Waals surface area contributed by atoms with E-state index in [1.807, 2.05) is 60.7 Å². The van der Waals surface area contributed by atoms with E-state index < -0.39 is 6.04 Å². The van der Waals surface area contributed by atoms with Crippen molar-refractivity contribution >= 4 is 23.3 Å². The largest absolute Gasteiger partial charge is 0.462 e. The molecule has 1 aromatic heterocycles. The van der Waals surface area contributed by atoms with E-state index in [1.54, 1.807) is 25.1 Å². The Bertz CT molecular complexity index is 1160. The van der Waals surface area contributed by atoms with Crippen molar-refractivity contribution in [3.05, 3.63) is 101 Å². The summed E-state index contributed by atoms with van der Waals surface area (Å²) in [6.45, 7) is 2.11. The van der Waals surface area contributed by atoms with E-state index >= 15 is 0 Å². The summed E-state index contributed by atoms with van der Waals surface area (Å²) in [7, 11) is 0. The highest BCUT2D eigenvalue weighted by Gasteiger charge is 2.22. The number of carbonyl (C=O) groups is 1. The van der Waals surface area contributed by atoms with Gasteiger partial charge in [0.2, 0.25) is 11.8 Å². The molecule has 0 aliphatic heterocycles. The van der Waals surface area contributed by atoms with Gasteiger partial charge in [-0.25, -0.2) is 4.79 Å². The molecule has 0 fully saturated rings. The van der Waals surface area contributed by atoms with E-state index in [-0.39, 0.29) is 5.97 Å². The summed E-state index contributed by atoms with van der Waals surface area (Å²) in [5.74, 6) is 0.395. The van der Waals surface area contributed by atoms with Crippen LogP contribution in [-0.4, -0.2) is 22.8 Å². The van der Waals surface area contributed by atoms with Crippen LogP contribution in [0.2, 0.25) is 5.02 Å². The molecule has 4 rings (SSSR count). The van der Waals surface area contributed by atoms with Gasteiger partial charge >= 0.3 is 5.97 Å². The highest BCUT2D eigenvalue weighted by atomic mass is 35.5. The minimum absolute atomic E-state index is 0.333. The van der Waals surface area contributed by atoms with Crippen LogP contribution in [-0.2, 0) is 4.74 Å². The molecule has 0 radical (unpaired) electrons. The van der Waals surface area contributed by atoms with Gasteiger partial charge in [0.25, 0.3) is 0 Å². The number of hydrogen-bond acceptors (Lipinski definition) is 6. The van der Waals surface area contributed by atoms with Crippen LogP contribution in [0.25, 0.3) is 11.5 Å². The van der Waals surface area contributed by atoms with Crippen LogP contribution >= 0.6 is 11.6 Å². The van der Waals surface area contributed by atoms with Gasteiger partial charge in [0.05, 0.1) is 22.8 Å². The molecule has 1 N–H and O–H groups in total. The molecule has 0 spiro atoms. The molecule has 0 saturated heterocycles. The number of ether oxygens (including phenoxy) is 1. The van der Waals surface area contributed by atoms with E-state index in [4.69, 9.17) is 20.8 Å². The maximum atomic E-state index is 11.9. The second kappa shape index (κ2) is 9.45. The van der Waals surface area contributed by atoms with Crippen LogP contribution in [0.4, 0.5) is 5.69 Å². The molecule has 0 unspecified atom stereocenters. The van der Waals surface area contributed by atoms with Crippen molar-refractivity contribution in [1.29, 1.82) is 0 Å². The van der Waals surface area contributed by atoms with Crippen LogP contribution < -0.4 is 5.32 Å². The minimum atomic E-state index is -0.390. The molecule has 3 aromatic carbocycles. The van der Waals surface area contributed by atoms with Gasteiger partial charge in [-0.2, -0.15) is 0 Å². The van der Waals surface area contributed by atoms with Crippen molar-refractivity contribution in [3.63, 3.8) is 0 Å². The highest BCUT2D eigenvalue weighted by molar-refractivity contribution is 6.33. The average Bonchev–Trinajstić information content (AvgIpc) is 3.28. The summed E-state index contributed by atoms with van der Waals surface area (Å²) in [5, 5.41) is 12.4. The number of esters is 1. The van der Waals surface area contributed by atoms with Crippen molar-refractivity contribution < 1.29 is 13.9 Å². The molecule has 0 amide bonds. The van der Waals surface area contributed by atoms with E-state index in [0.29, 0.717) is 34.5 Å². The second-order valence-corrected chi connectivity index (χ2v) is 7.12. The van der Waals surface area contributed by atoms with Gasteiger partial charge in [-0.3, -0.25) is 0 Å². The van der Waals surface area contributed by atoms with Crippen molar-refractivity contribution in [2.45, 2.75) is 13.0 Å². The molecule has 1 heterocycles. The van der Waals surface area contributed by atoms with Crippen LogP contribution in [0.15, 0.2) is 83.3 Å². The number of rotatable bonds is 7. The van der Waals surface area contributed by atoms with Gasteiger partial charge in [0.15, 0.2) is 0 Å². The summed E-state index contributed by atoms with van der Waals surface area (Å²) in [4.78, 5) is 11.9. The quantitative estimate of drug-likeness (QED) is 0.373. The maximum absolute atomic E-state index is 11.9. The molecule has 6 nitrogen and oxygen atoms in total. The average molecular weight is 434 g/mol. The number of anilines is 1. The lowest BCUT2D eigenvalue weighted by atomic mass is 10.1. The molecule has 4 aromatic rings. The fourth-order valence-electron chi connectivity index (χ4n) is 3.11. The van der Waals surface area contributed by atoms with Gasteiger partial charge in [0.1, 0.15) is 6.04 Å². The summed E-state index contributed by atoms with van der Waals surface area (Å²) in [6, 6.07) is 23.8. The second-order valence-electron chi connectivity index (χ2n) is 6.71. The third-order valence-corrected chi connectivity index (χ3v) is 4.96. The number of nitrogens with zero attached hydrogens (tertiary/aromatic N) is 2. The molecule has 0 saturated carbocycles. The smallest absolute Gasteiger partial charge is 0.338 e. The standard InChI is InChI=1S/C24H20ClN3O3/c1-2-30-24(29)17-12-14-18(15-13-17)26-21(16-8-4-3-5-9-16)23-28-27-22(31-23)19-10-6-7-11-20(19)25/h3-15,21,26H,2H2,1H3/t21-/m0/s1. The van der Waals surface area contributed by atoms with Crippen LogP contribution in [0.1, 0.15) is 34.8 Å².